The molecule has 0 aromatic heterocycles. The van der Waals surface area contributed by atoms with Gasteiger partial charge in [0.05, 0.1) is 25.5 Å². The van der Waals surface area contributed by atoms with Crippen molar-refractivity contribution >= 4 is 18.3 Å². The Bertz CT molecular complexity index is 759. The number of hydrazone groups is 1. The van der Waals surface area contributed by atoms with E-state index < -0.39 is 12.1 Å². The smallest absolute Gasteiger partial charge is 0.427 e. The first kappa shape index (κ1) is 18.0. The molecule has 130 valence electrons. The van der Waals surface area contributed by atoms with Gasteiger partial charge in [0, 0.05) is 0 Å². The molecule has 25 heavy (non-hydrogen) atoms. The molecule has 0 aliphatic carbocycles. The van der Waals surface area contributed by atoms with Gasteiger partial charge in [0.1, 0.15) is 0 Å². The molecule has 0 bridgehead atoms. The van der Waals surface area contributed by atoms with E-state index in [1.54, 1.807) is 42.5 Å². The van der Waals surface area contributed by atoms with E-state index in [1.165, 1.54) is 13.3 Å². The summed E-state index contributed by atoms with van der Waals surface area (Å²) in [5.74, 6) is 0.220. The lowest BCUT2D eigenvalue weighted by atomic mass is 10.2. The molecule has 2 aromatic rings. The van der Waals surface area contributed by atoms with Crippen LogP contribution in [0.25, 0.3) is 0 Å². The van der Waals surface area contributed by atoms with Crippen molar-refractivity contribution in [1.82, 2.24) is 5.43 Å². The molecular formula is C18H18N2O5. The van der Waals surface area contributed by atoms with Crippen molar-refractivity contribution in [3.8, 4) is 11.5 Å². The minimum Gasteiger partial charge on any atom is -0.490 e. The summed E-state index contributed by atoms with van der Waals surface area (Å²) in [7, 11) is 1.24. The van der Waals surface area contributed by atoms with E-state index in [1.807, 2.05) is 13.0 Å². The summed E-state index contributed by atoms with van der Waals surface area (Å²) in [6.45, 7) is 2.22. The van der Waals surface area contributed by atoms with Crippen molar-refractivity contribution < 1.29 is 23.8 Å². The van der Waals surface area contributed by atoms with Crippen molar-refractivity contribution in [2.24, 2.45) is 5.10 Å². The van der Waals surface area contributed by atoms with Crippen LogP contribution in [0.4, 0.5) is 4.79 Å². The van der Waals surface area contributed by atoms with E-state index in [9.17, 15) is 9.59 Å². The summed E-state index contributed by atoms with van der Waals surface area (Å²) < 4.78 is 15.3. The summed E-state index contributed by atoms with van der Waals surface area (Å²) in [5, 5.41) is 3.74. The van der Waals surface area contributed by atoms with Gasteiger partial charge in [0.25, 0.3) is 0 Å². The minimum absolute atomic E-state index is 0.300. The number of carbonyl (C=O) groups is 2. The molecule has 1 amide bonds. The molecule has 0 aliphatic heterocycles. The van der Waals surface area contributed by atoms with Crippen molar-refractivity contribution in [3.63, 3.8) is 0 Å². The molecular weight excluding hydrogens is 324 g/mol. The maximum absolute atomic E-state index is 12.2. The SMILES string of the molecule is CCOc1cc(/C=N/NC(=O)OC)ccc1OC(=O)c1ccccc1. The van der Waals surface area contributed by atoms with Crippen molar-refractivity contribution in [3.05, 3.63) is 59.7 Å². The normalized spacial score (nSPS) is 10.3. The average molecular weight is 342 g/mol. The third-order valence-electron chi connectivity index (χ3n) is 3.03. The quantitative estimate of drug-likeness (QED) is 0.377. The number of methoxy groups -OCH3 is 1. The number of benzene rings is 2. The summed E-state index contributed by atoms with van der Waals surface area (Å²) in [4.78, 5) is 23.1. The predicted octanol–water partition coefficient (Wildman–Crippen LogP) is 2.99. The number of nitrogens with one attached hydrogen (secondary N) is 1. The van der Waals surface area contributed by atoms with Gasteiger partial charge >= 0.3 is 12.1 Å². The van der Waals surface area contributed by atoms with Gasteiger partial charge in [-0.25, -0.2) is 15.0 Å². The lowest BCUT2D eigenvalue weighted by Crippen LogP contribution is -2.16. The van der Waals surface area contributed by atoms with E-state index in [2.05, 4.69) is 15.3 Å². The average Bonchev–Trinajstić information content (AvgIpc) is 2.64. The van der Waals surface area contributed by atoms with Crippen LogP contribution in [0.1, 0.15) is 22.8 Å². The van der Waals surface area contributed by atoms with Gasteiger partial charge in [-0.3, -0.25) is 0 Å². The molecule has 1 N–H and O–H groups in total. The number of rotatable bonds is 6. The second-order valence-electron chi connectivity index (χ2n) is 4.76. The summed E-state index contributed by atoms with van der Waals surface area (Å²) in [6.07, 6.45) is 0.747. The largest absolute Gasteiger partial charge is 0.490 e. The molecule has 0 spiro atoms. The first-order valence-electron chi connectivity index (χ1n) is 7.55. The Morgan fingerprint density at radius 1 is 1.12 bits per heavy atom. The number of nitrogens with zero attached hydrogens (tertiary/aromatic N) is 1. The maximum atomic E-state index is 12.2. The Kier molecular flexibility index (Phi) is 6.53. The van der Waals surface area contributed by atoms with E-state index in [-0.39, 0.29) is 0 Å². The van der Waals surface area contributed by atoms with Gasteiger partial charge in [-0.15, -0.1) is 0 Å². The summed E-state index contributed by atoms with van der Waals surface area (Å²) in [5.41, 5.74) is 3.28. The van der Waals surface area contributed by atoms with Gasteiger partial charge in [0.2, 0.25) is 0 Å². The van der Waals surface area contributed by atoms with Gasteiger partial charge in [-0.2, -0.15) is 5.10 Å². The lowest BCUT2D eigenvalue weighted by molar-refractivity contribution is 0.0728. The maximum Gasteiger partial charge on any atom is 0.427 e. The molecule has 0 unspecified atom stereocenters. The number of hydrogen-bond donors (Lipinski definition) is 1. The van der Waals surface area contributed by atoms with Crippen molar-refractivity contribution in [2.75, 3.05) is 13.7 Å². The molecule has 7 nitrogen and oxygen atoms in total. The molecule has 2 rings (SSSR count). The molecule has 7 heteroatoms. The topological polar surface area (TPSA) is 86.2 Å². The molecule has 0 saturated heterocycles. The molecule has 0 saturated carbocycles. The fourth-order valence-corrected chi connectivity index (χ4v) is 1.90. The summed E-state index contributed by atoms with van der Waals surface area (Å²) in [6, 6.07) is 13.6. The Labute approximate surface area is 145 Å². The van der Waals surface area contributed by atoms with Gasteiger partial charge < -0.3 is 14.2 Å². The van der Waals surface area contributed by atoms with Crippen LogP contribution in [0, 0.1) is 0 Å². The fourth-order valence-electron chi connectivity index (χ4n) is 1.90. The highest BCUT2D eigenvalue weighted by molar-refractivity contribution is 5.91. The first-order valence-corrected chi connectivity index (χ1v) is 7.55. The van der Waals surface area contributed by atoms with Crippen LogP contribution < -0.4 is 14.9 Å². The first-order chi connectivity index (χ1) is 12.1. The molecule has 0 atom stereocenters. The van der Waals surface area contributed by atoms with Crippen molar-refractivity contribution in [1.29, 1.82) is 0 Å². The second-order valence-corrected chi connectivity index (χ2v) is 4.76. The van der Waals surface area contributed by atoms with Crippen LogP contribution >= 0.6 is 0 Å². The van der Waals surface area contributed by atoms with Crippen LogP contribution in [-0.2, 0) is 4.74 Å². The van der Waals surface area contributed by atoms with Crippen LogP contribution in [0.2, 0.25) is 0 Å². The molecule has 0 radical (unpaired) electrons. The zero-order valence-corrected chi connectivity index (χ0v) is 13.9. The Balaban J connectivity index is 2.15. The molecule has 2 aromatic carbocycles. The lowest BCUT2D eigenvalue weighted by Gasteiger charge is -2.11. The van der Waals surface area contributed by atoms with Gasteiger partial charge in [0.15, 0.2) is 11.5 Å². The number of esters is 1. The number of hydrogen-bond acceptors (Lipinski definition) is 6. The van der Waals surface area contributed by atoms with Gasteiger partial charge in [-0.1, -0.05) is 18.2 Å². The van der Waals surface area contributed by atoms with E-state index >= 15 is 0 Å². The van der Waals surface area contributed by atoms with E-state index in [4.69, 9.17) is 9.47 Å². The third-order valence-corrected chi connectivity index (χ3v) is 3.03. The fraction of sp³-hybridized carbons (Fsp3) is 0.167. The van der Waals surface area contributed by atoms with Crippen LogP contribution in [0.3, 0.4) is 0 Å². The zero-order chi connectivity index (χ0) is 18.1. The van der Waals surface area contributed by atoms with Crippen LogP contribution in [0.15, 0.2) is 53.6 Å². The Morgan fingerprint density at radius 2 is 1.88 bits per heavy atom. The molecule has 0 heterocycles. The highest BCUT2D eigenvalue weighted by Gasteiger charge is 2.12. The highest BCUT2D eigenvalue weighted by Crippen LogP contribution is 2.28. The minimum atomic E-state index is -0.672. The number of carbonyl (C=O) groups excluding carboxylic acids is 2. The predicted molar refractivity (Wildman–Crippen MR) is 92.1 cm³/mol. The van der Waals surface area contributed by atoms with Gasteiger partial charge in [-0.05, 0) is 42.8 Å². The van der Waals surface area contributed by atoms with Crippen LogP contribution in [0.5, 0.6) is 11.5 Å². The van der Waals surface area contributed by atoms with Crippen molar-refractivity contribution in [2.45, 2.75) is 6.92 Å². The van der Waals surface area contributed by atoms with E-state index in [0.717, 1.165) is 0 Å². The second kappa shape index (κ2) is 9.07. The Morgan fingerprint density at radius 3 is 2.56 bits per heavy atom. The third kappa shape index (κ3) is 5.35. The van der Waals surface area contributed by atoms with E-state index in [0.29, 0.717) is 29.2 Å². The Hall–Kier alpha value is -3.35. The number of ether oxygens (including phenoxy) is 3. The summed E-state index contributed by atoms with van der Waals surface area (Å²) >= 11 is 0. The zero-order valence-electron chi connectivity index (χ0n) is 13.9. The number of amides is 1. The standard InChI is InChI=1S/C18H18N2O5/c1-3-24-16-11-13(12-19-20-18(22)23-2)9-10-15(16)25-17(21)14-7-5-4-6-8-14/h4-12H,3H2,1-2H3,(H,20,22)/b19-12+. The van der Waals surface area contributed by atoms with Crippen LogP contribution in [-0.4, -0.2) is 32.0 Å². The highest BCUT2D eigenvalue weighted by atomic mass is 16.6. The molecule has 0 fully saturated rings. The monoisotopic (exact) mass is 342 g/mol. The molecule has 0 aliphatic rings.